The minimum absolute atomic E-state index is 0.0194. The van der Waals surface area contributed by atoms with E-state index in [-0.39, 0.29) is 19.0 Å². The van der Waals surface area contributed by atoms with Crippen LogP contribution in [0.4, 0.5) is 4.79 Å². The molecule has 1 aliphatic rings. The van der Waals surface area contributed by atoms with Gasteiger partial charge in [-0.25, -0.2) is 9.59 Å². The Morgan fingerprint density at radius 1 is 1.42 bits per heavy atom. The fraction of sp³-hybridized carbons (Fsp3) is 0.833. The first-order valence-electron chi connectivity index (χ1n) is 6.63. The van der Waals surface area contributed by atoms with Crippen molar-refractivity contribution in [2.75, 3.05) is 32.7 Å². The monoisotopic (exact) mass is 273 g/mol. The molecule has 0 aromatic rings. The molecule has 0 bridgehead atoms. The Balaban J connectivity index is 2.29. The van der Waals surface area contributed by atoms with Crippen molar-refractivity contribution in [2.45, 2.75) is 32.4 Å². The Kier molecular flexibility index (Phi) is 6.04. The maximum Gasteiger partial charge on any atom is 0.332 e. The standard InChI is InChI=1S/C12H23N3O4/c1-3-14-6-7-15(8-9(14)2)12(19)13-5-4-10(16)11(17)18/h9-10,16H,3-8H2,1-2H3,(H,13,19)(H,17,18)/t9?,10-/m0/s1. The summed E-state index contributed by atoms with van der Waals surface area (Å²) in [6.45, 7) is 7.50. The molecule has 2 atom stereocenters. The number of nitrogens with zero attached hydrogens (tertiary/aromatic N) is 2. The summed E-state index contributed by atoms with van der Waals surface area (Å²) in [5.41, 5.74) is 0. The molecule has 0 aliphatic carbocycles. The molecule has 2 amide bonds. The maximum atomic E-state index is 11.9. The number of carbonyl (C=O) groups excluding carboxylic acids is 1. The molecule has 110 valence electrons. The van der Waals surface area contributed by atoms with Gasteiger partial charge in [-0.3, -0.25) is 4.90 Å². The third-order valence-electron chi connectivity index (χ3n) is 3.44. The van der Waals surface area contributed by atoms with Gasteiger partial charge in [0.05, 0.1) is 0 Å². The topological polar surface area (TPSA) is 93.1 Å². The quantitative estimate of drug-likeness (QED) is 0.631. The van der Waals surface area contributed by atoms with Gasteiger partial charge in [0.15, 0.2) is 6.10 Å². The largest absolute Gasteiger partial charge is 0.479 e. The summed E-state index contributed by atoms with van der Waals surface area (Å²) in [5, 5.41) is 20.2. The van der Waals surface area contributed by atoms with Crippen LogP contribution in [-0.2, 0) is 4.79 Å². The number of likely N-dealkylation sites (N-methyl/N-ethyl adjacent to an activating group) is 1. The number of aliphatic hydroxyl groups excluding tert-OH is 1. The number of piperazine rings is 1. The number of urea groups is 1. The molecule has 1 rings (SSSR count). The smallest absolute Gasteiger partial charge is 0.332 e. The van der Waals surface area contributed by atoms with E-state index in [4.69, 9.17) is 10.2 Å². The summed E-state index contributed by atoms with van der Waals surface area (Å²) in [5.74, 6) is -1.26. The van der Waals surface area contributed by atoms with Crippen molar-refractivity contribution in [3.8, 4) is 0 Å². The molecule has 1 aliphatic heterocycles. The lowest BCUT2D eigenvalue weighted by Crippen LogP contribution is -2.55. The third-order valence-corrected chi connectivity index (χ3v) is 3.44. The molecule has 1 saturated heterocycles. The lowest BCUT2D eigenvalue weighted by molar-refractivity contribution is -0.146. The first-order chi connectivity index (χ1) is 8.95. The Labute approximate surface area is 113 Å². The number of amides is 2. The summed E-state index contributed by atoms with van der Waals surface area (Å²) in [7, 11) is 0. The Morgan fingerprint density at radius 3 is 2.63 bits per heavy atom. The summed E-state index contributed by atoms with van der Waals surface area (Å²) in [6.07, 6.45) is -1.40. The van der Waals surface area contributed by atoms with E-state index < -0.39 is 12.1 Å². The van der Waals surface area contributed by atoms with Gasteiger partial charge >= 0.3 is 12.0 Å². The summed E-state index contributed by atoms with van der Waals surface area (Å²) < 4.78 is 0. The van der Waals surface area contributed by atoms with Crippen LogP contribution in [0.3, 0.4) is 0 Å². The lowest BCUT2D eigenvalue weighted by atomic mass is 10.2. The van der Waals surface area contributed by atoms with Crippen LogP contribution in [-0.4, -0.2) is 76.9 Å². The Bertz CT molecular complexity index is 324. The highest BCUT2D eigenvalue weighted by Gasteiger charge is 2.25. The van der Waals surface area contributed by atoms with Gasteiger partial charge < -0.3 is 20.4 Å². The van der Waals surface area contributed by atoms with Crippen LogP contribution in [0.5, 0.6) is 0 Å². The van der Waals surface area contributed by atoms with Crippen LogP contribution in [0.15, 0.2) is 0 Å². The van der Waals surface area contributed by atoms with Crippen molar-refractivity contribution in [1.82, 2.24) is 15.1 Å². The second-order valence-corrected chi connectivity index (χ2v) is 4.80. The van der Waals surface area contributed by atoms with Crippen LogP contribution in [0.2, 0.25) is 0 Å². The number of hydrogen-bond acceptors (Lipinski definition) is 4. The number of nitrogens with one attached hydrogen (secondary N) is 1. The summed E-state index contributed by atoms with van der Waals surface area (Å²) in [6, 6.07) is 0.134. The minimum Gasteiger partial charge on any atom is -0.479 e. The van der Waals surface area contributed by atoms with E-state index in [1.165, 1.54) is 0 Å². The molecule has 0 aromatic heterocycles. The zero-order chi connectivity index (χ0) is 14.4. The molecule has 0 aromatic carbocycles. The van der Waals surface area contributed by atoms with Crippen molar-refractivity contribution in [2.24, 2.45) is 0 Å². The molecule has 1 unspecified atom stereocenters. The highest BCUT2D eigenvalue weighted by Crippen LogP contribution is 2.08. The van der Waals surface area contributed by atoms with E-state index in [1.54, 1.807) is 4.90 Å². The van der Waals surface area contributed by atoms with Crippen molar-refractivity contribution in [3.05, 3.63) is 0 Å². The van der Waals surface area contributed by atoms with Crippen LogP contribution < -0.4 is 5.32 Å². The van der Waals surface area contributed by atoms with E-state index in [9.17, 15) is 9.59 Å². The molecular weight excluding hydrogens is 250 g/mol. The lowest BCUT2D eigenvalue weighted by Gasteiger charge is -2.39. The molecule has 0 saturated carbocycles. The third kappa shape index (κ3) is 4.68. The van der Waals surface area contributed by atoms with Gasteiger partial charge in [0.1, 0.15) is 0 Å². The first-order valence-corrected chi connectivity index (χ1v) is 6.63. The van der Waals surface area contributed by atoms with Crippen LogP contribution in [0, 0.1) is 0 Å². The van der Waals surface area contributed by atoms with Gasteiger partial charge in [-0.15, -0.1) is 0 Å². The molecule has 3 N–H and O–H groups in total. The molecule has 0 radical (unpaired) electrons. The summed E-state index contributed by atoms with van der Waals surface area (Å²) in [4.78, 5) is 26.3. The van der Waals surface area contributed by atoms with E-state index >= 15 is 0 Å². The van der Waals surface area contributed by atoms with Gasteiger partial charge in [0.25, 0.3) is 0 Å². The number of carboxylic acids is 1. The normalized spacial score (nSPS) is 22.1. The fourth-order valence-electron chi connectivity index (χ4n) is 2.20. The molecule has 1 fully saturated rings. The maximum absolute atomic E-state index is 11.9. The van der Waals surface area contributed by atoms with Gasteiger partial charge in [0.2, 0.25) is 0 Å². The second-order valence-electron chi connectivity index (χ2n) is 4.80. The Hall–Kier alpha value is -1.34. The van der Waals surface area contributed by atoms with Gasteiger partial charge in [-0.1, -0.05) is 6.92 Å². The summed E-state index contributed by atoms with van der Waals surface area (Å²) >= 11 is 0. The molecule has 7 nitrogen and oxygen atoms in total. The molecular formula is C12H23N3O4. The molecule has 7 heteroatoms. The number of aliphatic hydroxyl groups is 1. The van der Waals surface area contributed by atoms with Crippen LogP contribution >= 0.6 is 0 Å². The second kappa shape index (κ2) is 7.30. The van der Waals surface area contributed by atoms with Gasteiger partial charge in [-0.2, -0.15) is 0 Å². The van der Waals surface area contributed by atoms with E-state index in [1.807, 2.05) is 0 Å². The number of carboxylic acid groups (broad SMARTS) is 1. The Morgan fingerprint density at radius 2 is 2.11 bits per heavy atom. The van der Waals surface area contributed by atoms with Crippen molar-refractivity contribution in [3.63, 3.8) is 0 Å². The molecule has 1 heterocycles. The molecule has 0 spiro atoms. The zero-order valence-corrected chi connectivity index (χ0v) is 11.5. The molecule has 19 heavy (non-hydrogen) atoms. The number of hydrogen-bond donors (Lipinski definition) is 3. The predicted octanol–water partition coefficient (Wildman–Crippen LogP) is -0.442. The van der Waals surface area contributed by atoms with E-state index in [2.05, 4.69) is 24.1 Å². The van der Waals surface area contributed by atoms with E-state index in [0.717, 1.165) is 13.1 Å². The van der Waals surface area contributed by atoms with E-state index in [0.29, 0.717) is 19.1 Å². The number of rotatable bonds is 5. The van der Waals surface area contributed by atoms with Crippen LogP contribution in [0.1, 0.15) is 20.3 Å². The first kappa shape index (κ1) is 15.7. The van der Waals surface area contributed by atoms with Crippen LogP contribution in [0.25, 0.3) is 0 Å². The number of carbonyl (C=O) groups is 2. The predicted molar refractivity (Wildman–Crippen MR) is 69.9 cm³/mol. The SMILES string of the molecule is CCN1CCN(C(=O)NCC[C@H](O)C(=O)O)CC1C. The zero-order valence-electron chi connectivity index (χ0n) is 11.5. The average Bonchev–Trinajstić information content (AvgIpc) is 2.38. The minimum atomic E-state index is -1.42. The van der Waals surface area contributed by atoms with Crippen molar-refractivity contribution < 1.29 is 19.8 Å². The highest BCUT2D eigenvalue weighted by atomic mass is 16.4. The average molecular weight is 273 g/mol. The van der Waals surface area contributed by atoms with Crippen molar-refractivity contribution >= 4 is 12.0 Å². The number of aliphatic carboxylic acids is 1. The fourth-order valence-corrected chi connectivity index (χ4v) is 2.20. The van der Waals surface area contributed by atoms with Crippen molar-refractivity contribution in [1.29, 1.82) is 0 Å². The van der Waals surface area contributed by atoms with Gasteiger partial charge in [0, 0.05) is 38.6 Å². The highest BCUT2D eigenvalue weighted by molar-refractivity contribution is 5.75. The van der Waals surface area contributed by atoms with Gasteiger partial charge in [-0.05, 0) is 13.5 Å².